The van der Waals surface area contributed by atoms with E-state index in [1.165, 1.54) is 6.07 Å². The zero-order valence-electron chi connectivity index (χ0n) is 12.9. The third-order valence-electron chi connectivity index (χ3n) is 3.90. The molecular formula is C17H17N3O3. The number of anilines is 1. The number of nitrogens with one attached hydrogen (secondary N) is 3. The van der Waals surface area contributed by atoms with Gasteiger partial charge < -0.3 is 15.6 Å². The smallest absolute Gasteiger partial charge is 0.260 e. The van der Waals surface area contributed by atoms with Gasteiger partial charge in [-0.15, -0.1) is 0 Å². The van der Waals surface area contributed by atoms with Gasteiger partial charge in [0.1, 0.15) is 5.56 Å². The molecule has 1 aromatic heterocycles. The number of hydrogen-bond acceptors (Lipinski definition) is 3. The lowest BCUT2D eigenvalue weighted by Gasteiger charge is -2.15. The molecule has 0 bridgehead atoms. The number of aromatic nitrogens is 1. The van der Waals surface area contributed by atoms with E-state index in [1.807, 2.05) is 25.1 Å². The summed E-state index contributed by atoms with van der Waals surface area (Å²) in [4.78, 5) is 38.1. The second-order valence-corrected chi connectivity index (χ2v) is 5.72. The van der Waals surface area contributed by atoms with Crippen molar-refractivity contribution in [2.45, 2.75) is 26.3 Å². The molecule has 1 atom stereocenters. The Morgan fingerprint density at radius 2 is 2.00 bits per heavy atom. The maximum Gasteiger partial charge on any atom is 0.260 e. The molecule has 0 saturated carbocycles. The van der Waals surface area contributed by atoms with Crippen molar-refractivity contribution in [1.82, 2.24) is 10.3 Å². The van der Waals surface area contributed by atoms with Gasteiger partial charge in [-0.05, 0) is 43.2 Å². The van der Waals surface area contributed by atoms with Gasteiger partial charge in [0.25, 0.3) is 11.5 Å². The fraction of sp³-hybridized carbons (Fsp3) is 0.235. The Morgan fingerprint density at radius 3 is 2.74 bits per heavy atom. The first kappa shape index (κ1) is 15.0. The summed E-state index contributed by atoms with van der Waals surface area (Å²) in [6.45, 7) is 3.60. The van der Waals surface area contributed by atoms with Gasteiger partial charge in [0.05, 0.1) is 12.5 Å². The normalized spacial score (nSPS) is 14.1. The van der Waals surface area contributed by atoms with E-state index >= 15 is 0 Å². The third kappa shape index (κ3) is 3.01. The van der Waals surface area contributed by atoms with Crippen molar-refractivity contribution in [3.8, 4) is 0 Å². The molecule has 1 aromatic carbocycles. The first-order valence-electron chi connectivity index (χ1n) is 7.37. The Labute approximate surface area is 132 Å². The fourth-order valence-electron chi connectivity index (χ4n) is 2.63. The molecule has 6 heteroatoms. The molecule has 118 valence electrons. The molecule has 1 aliphatic heterocycles. The van der Waals surface area contributed by atoms with Crippen LogP contribution in [0.1, 0.15) is 40.1 Å². The highest BCUT2D eigenvalue weighted by Gasteiger charge is 2.20. The van der Waals surface area contributed by atoms with Crippen molar-refractivity contribution >= 4 is 17.5 Å². The molecule has 0 aliphatic carbocycles. The number of pyridine rings is 1. The summed E-state index contributed by atoms with van der Waals surface area (Å²) in [7, 11) is 0. The van der Waals surface area contributed by atoms with E-state index in [-0.39, 0.29) is 17.5 Å². The molecule has 1 unspecified atom stereocenters. The predicted molar refractivity (Wildman–Crippen MR) is 86.5 cm³/mol. The fourth-order valence-corrected chi connectivity index (χ4v) is 2.63. The summed E-state index contributed by atoms with van der Waals surface area (Å²) in [5.74, 6) is -0.450. The topological polar surface area (TPSA) is 91.1 Å². The van der Waals surface area contributed by atoms with Gasteiger partial charge in [-0.1, -0.05) is 12.1 Å². The first-order valence-corrected chi connectivity index (χ1v) is 7.37. The zero-order valence-corrected chi connectivity index (χ0v) is 12.9. The number of fused-ring (bicyclic) bond motifs is 1. The van der Waals surface area contributed by atoms with E-state index in [9.17, 15) is 14.4 Å². The highest BCUT2D eigenvalue weighted by molar-refractivity contribution is 5.99. The van der Waals surface area contributed by atoms with E-state index in [0.717, 1.165) is 16.8 Å². The molecule has 1 aliphatic rings. The summed E-state index contributed by atoms with van der Waals surface area (Å²) < 4.78 is 0. The van der Waals surface area contributed by atoms with Crippen molar-refractivity contribution in [3.05, 3.63) is 63.1 Å². The number of hydrogen-bond donors (Lipinski definition) is 3. The van der Waals surface area contributed by atoms with Crippen molar-refractivity contribution in [2.75, 3.05) is 5.32 Å². The lowest BCUT2D eigenvalue weighted by molar-refractivity contribution is -0.115. The lowest BCUT2D eigenvalue weighted by Crippen LogP contribution is -2.31. The molecule has 23 heavy (non-hydrogen) atoms. The summed E-state index contributed by atoms with van der Waals surface area (Å²) in [5, 5.41) is 5.58. The monoisotopic (exact) mass is 311 g/mol. The Balaban J connectivity index is 1.78. The van der Waals surface area contributed by atoms with E-state index in [4.69, 9.17) is 0 Å². The van der Waals surface area contributed by atoms with Crippen LogP contribution in [0, 0.1) is 6.92 Å². The number of rotatable bonds is 3. The number of H-pyrrole nitrogens is 1. The first-order chi connectivity index (χ1) is 10.9. The SMILES string of the molecule is Cc1ccc(C(=O)NC(C)c2ccc3c(c2)CC(=O)N3)c(=O)[nH]1. The van der Waals surface area contributed by atoms with Crippen LogP contribution in [0.3, 0.4) is 0 Å². The number of aryl methyl sites for hydroxylation is 1. The average Bonchev–Trinajstić information content (AvgIpc) is 2.85. The molecule has 6 nitrogen and oxygen atoms in total. The second kappa shape index (κ2) is 5.72. The number of aromatic amines is 1. The Bertz CT molecular complexity index is 854. The van der Waals surface area contributed by atoms with Crippen LogP contribution in [-0.4, -0.2) is 16.8 Å². The summed E-state index contributed by atoms with van der Waals surface area (Å²) in [6, 6.07) is 8.52. The number of carbonyl (C=O) groups is 2. The van der Waals surface area contributed by atoms with Gasteiger partial charge in [0.2, 0.25) is 5.91 Å². The lowest BCUT2D eigenvalue weighted by atomic mass is 10.0. The van der Waals surface area contributed by atoms with E-state index < -0.39 is 11.5 Å². The average molecular weight is 311 g/mol. The molecule has 3 N–H and O–H groups in total. The van der Waals surface area contributed by atoms with Crippen LogP contribution < -0.4 is 16.2 Å². The molecule has 2 amide bonds. The summed E-state index contributed by atoms with van der Waals surface area (Å²) >= 11 is 0. The molecule has 2 aromatic rings. The number of benzene rings is 1. The van der Waals surface area contributed by atoms with Crippen LogP contribution in [0.4, 0.5) is 5.69 Å². The second-order valence-electron chi connectivity index (χ2n) is 5.72. The molecule has 0 radical (unpaired) electrons. The highest BCUT2D eigenvalue weighted by atomic mass is 16.2. The van der Waals surface area contributed by atoms with Gasteiger partial charge in [-0.3, -0.25) is 14.4 Å². The maximum atomic E-state index is 12.2. The van der Waals surface area contributed by atoms with E-state index in [2.05, 4.69) is 15.6 Å². The van der Waals surface area contributed by atoms with Crippen LogP contribution in [0.15, 0.2) is 35.1 Å². The van der Waals surface area contributed by atoms with Crippen LogP contribution in [-0.2, 0) is 11.2 Å². The Morgan fingerprint density at radius 1 is 1.22 bits per heavy atom. The predicted octanol–water partition coefficient (Wildman–Crippen LogP) is 1.67. The van der Waals surface area contributed by atoms with Crippen LogP contribution in [0.25, 0.3) is 0 Å². The van der Waals surface area contributed by atoms with Crippen molar-refractivity contribution < 1.29 is 9.59 Å². The molecule has 0 fully saturated rings. The van der Waals surface area contributed by atoms with Crippen molar-refractivity contribution in [3.63, 3.8) is 0 Å². The molecule has 3 rings (SSSR count). The van der Waals surface area contributed by atoms with Crippen LogP contribution in [0.2, 0.25) is 0 Å². The number of carbonyl (C=O) groups excluding carboxylic acids is 2. The van der Waals surface area contributed by atoms with Crippen LogP contribution >= 0.6 is 0 Å². The van der Waals surface area contributed by atoms with Crippen molar-refractivity contribution in [2.24, 2.45) is 0 Å². The van der Waals surface area contributed by atoms with Gasteiger partial charge in [-0.2, -0.15) is 0 Å². The number of amides is 2. The minimum absolute atomic E-state index is 0.0278. The Hall–Kier alpha value is -2.89. The minimum Gasteiger partial charge on any atom is -0.345 e. The van der Waals surface area contributed by atoms with Gasteiger partial charge in [0.15, 0.2) is 0 Å². The maximum absolute atomic E-state index is 12.2. The third-order valence-corrected chi connectivity index (χ3v) is 3.90. The van der Waals surface area contributed by atoms with Crippen LogP contribution in [0.5, 0.6) is 0 Å². The largest absolute Gasteiger partial charge is 0.345 e. The quantitative estimate of drug-likeness (QED) is 0.805. The molecule has 0 saturated heterocycles. The molecule has 0 spiro atoms. The van der Waals surface area contributed by atoms with E-state index in [1.54, 1.807) is 13.0 Å². The summed E-state index contributed by atoms with van der Waals surface area (Å²) in [6.07, 6.45) is 0.349. The standard InChI is InChI=1S/C17H17N3O3/c1-9-3-5-13(16(22)18-9)17(23)19-10(2)11-4-6-14-12(7-11)8-15(21)20-14/h3-7,10H,8H2,1-2H3,(H,18,22)(H,19,23)(H,20,21). The minimum atomic E-state index is -0.423. The molecular weight excluding hydrogens is 294 g/mol. The molecule has 2 heterocycles. The van der Waals surface area contributed by atoms with Gasteiger partial charge >= 0.3 is 0 Å². The Kier molecular flexibility index (Phi) is 3.73. The highest BCUT2D eigenvalue weighted by Crippen LogP contribution is 2.26. The van der Waals surface area contributed by atoms with Gasteiger partial charge in [0, 0.05) is 11.4 Å². The zero-order chi connectivity index (χ0) is 16.6. The van der Waals surface area contributed by atoms with E-state index in [0.29, 0.717) is 12.1 Å². The summed E-state index contributed by atoms with van der Waals surface area (Å²) in [5.41, 5.74) is 3.00. The van der Waals surface area contributed by atoms with Gasteiger partial charge in [-0.25, -0.2) is 0 Å². The van der Waals surface area contributed by atoms with Crippen molar-refractivity contribution in [1.29, 1.82) is 0 Å².